The molecule has 0 bridgehead atoms. The number of hydrogen-bond donors (Lipinski definition) is 2. The maximum atomic E-state index is 4.27. The summed E-state index contributed by atoms with van der Waals surface area (Å²) in [7, 11) is 0. The Balaban J connectivity index is 1.13. The second-order valence-corrected chi connectivity index (χ2v) is 17.1. The topological polar surface area (TPSA) is 59.7 Å². The molecule has 0 amide bonds. The molecule has 0 unspecified atom stereocenters. The number of fused-ring (bicyclic) bond motifs is 5. The highest BCUT2D eigenvalue weighted by Crippen LogP contribution is 2.68. The van der Waals surface area contributed by atoms with E-state index >= 15 is 0 Å². The second-order valence-electron chi connectivity index (χ2n) is 17.1. The van der Waals surface area contributed by atoms with Crippen LogP contribution in [0.4, 0.5) is 0 Å². The van der Waals surface area contributed by atoms with Crippen LogP contribution < -0.4 is 10.6 Å². The lowest BCUT2D eigenvalue weighted by atomic mass is 9.43. The quantitative estimate of drug-likeness (QED) is 0.198. The van der Waals surface area contributed by atoms with Crippen molar-refractivity contribution in [2.45, 2.75) is 143 Å². The number of aromatic nitrogens is 4. The minimum atomic E-state index is 0.511. The Morgan fingerprint density at radius 1 is 0.756 bits per heavy atom. The molecule has 2 heterocycles. The summed E-state index contributed by atoms with van der Waals surface area (Å²) in [6.07, 6.45) is 30.0. The zero-order valence-corrected chi connectivity index (χ0v) is 29.5. The van der Waals surface area contributed by atoms with Crippen molar-refractivity contribution >= 4 is 0 Å². The van der Waals surface area contributed by atoms with Crippen molar-refractivity contribution in [2.75, 3.05) is 13.1 Å². The summed E-state index contributed by atoms with van der Waals surface area (Å²) >= 11 is 0. The van der Waals surface area contributed by atoms with E-state index in [4.69, 9.17) is 0 Å². The maximum absolute atomic E-state index is 4.27. The van der Waals surface area contributed by atoms with Crippen molar-refractivity contribution in [3.05, 3.63) is 37.4 Å². The van der Waals surface area contributed by atoms with Gasteiger partial charge in [0.05, 0.1) is 12.7 Å². The number of rotatable bonds is 15. The Morgan fingerprint density at radius 2 is 1.42 bits per heavy atom. The number of aryl methyl sites for hydroxylation is 2. The van der Waals surface area contributed by atoms with Gasteiger partial charge in [-0.2, -0.15) is 0 Å². The minimum Gasteiger partial charge on any atom is -0.337 e. The molecule has 6 rings (SSSR count). The van der Waals surface area contributed by atoms with Crippen molar-refractivity contribution < 1.29 is 0 Å². The lowest BCUT2D eigenvalue weighted by Gasteiger charge is -2.63. The van der Waals surface area contributed by atoms with E-state index in [0.29, 0.717) is 22.9 Å². The van der Waals surface area contributed by atoms with Crippen LogP contribution in [0, 0.1) is 52.3 Å². The lowest BCUT2D eigenvalue weighted by Crippen LogP contribution is -2.62. The summed E-state index contributed by atoms with van der Waals surface area (Å²) in [5, 5.41) is 8.29. The van der Waals surface area contributed by atoms with Crippen LogP contribution in [0.1, 0.15) is 118 Å². The van der Waals surface area contributed by atoms with Gasteiger partial charge >= 0.3 is 0 Å². The molecular formula is C39H66N6. The third-order valence-electron chi connectivity index (χ3n) is 14.1. The first kappa shape index (κ1) is 33.2. The van der Waals surface area contributed by atoms with Gasteiger partial charge in [-0.05, 0) is 130 Å². The number of hydrogen-bond acceptors (Lipinski definition) is 4. The third kappa shape index (κ3) is 7.27. The maximum Gasteiger partial charge on any atom is 0.0945 e. The van der Waals surface area contributed by atoms with Crippen molar-refractivity contribution in [2.24, 2.45) is 52.3 Å². The summed E-state index contributed by atoms with van der Waals surface area (Å²) in [4.78, 5) is 8.48. The van der Waals surface area contributed by atoms with Gasteiger partial charge < -0.3 is 19.8 Å². The number of imidazole rings is 2. The summed E-state index contributed by atoms with van der Waals surface area (Å²) in [6, 6.07) is 1.36. The molecule has 10 atom stereocenters. The Bertz CT molecular complexity index is 1140. The van der Waals surface area contributed by atoms with Crippen molar-refractivity contribution in [3.63, 3.8) is 0 Å². The van der Waals surface area contributed by atoms with Crippen molar-refractivity contribution in [1.82, 2.24) is 29.7 Å². The fraction of sp³-hybridized carbons (Fsp3) is 0.846. The molecule has 4 saturated carbocycles. The molecule has 2 aromatic heterocycles. The Labute approximate surface area is 275 Å². The molecular weight excluding hydrogens is 552 g/mol. The molecule has 4 fully saturated rings. The Morgan fingerprint density at radius 3 is 2.09 bits per heavy atom. The normalized spacial score (nSPS) is 36.9. The zero-order valence-electron chi connectivity index (χ0n) is 29.5. The highest BCUT2D eigenvalue weighted by molar-refractivity contribution is 5.13. The van der Waals surface area contributed by atoms with Crippen LogP contribution in [-0.2, 0) is 13.1 Å². The molecule has 2 aromatic rings. The number of nitrogens with one attached hydrogen (secondary N) is 2. The van der Waals surface area contributed by atoms with Gasteiger partial charge in [-0.1, -0.05) is 53.9 Å². The highest BCUT2D eigenvalue weighted by Gasteiger charge is 2.62. The van der Waals surface area contributed by atoms with Crippen LogP contribution >= 0.6 is 0 Å². The Kier molecular flexibility index (Phi) is 10.8. The minimum absolute atomic E-state index is 0.511. The standard InChI is InChI=1S/C39H66N6/c1-29(2)9-6-10-30(3)33-11-12-34-37-35(14-16-39(33,34)5)38(4)15-13-32(42-17-7-21-44-23-19-40-27-44)25-31(38)26-36(37)43-18-8-22-45-24-20-41-28-45/h19-20,23-24,27-37,42-43H,6-18,21-22,25-26H2,1-5H3/t30-,31-,32-,33-,34+,35+,36-,37+,38+,39-/m1/s1. The molecule has 0 aliphatic heterocycles. The van der Waals surface area contributed by atoms with E-state index in [1.54, 1.807) is 0 Å². The fourth-order valence-corrected chi connectivity index (χ4v) is 11.6. The summed E-state index contributed by atoms with van der Waals surface area (Å²) < 4.78 is 4.45. The van der Waals surface area contributed by atoms with Crippen molar-refractivity contribution in [3.8, 4) is 0 Å². The van der Waals surface area contributed by atoms with Gasteiger partial charge in [-0.15, -0.1) is 0 Å². The van der Waals surface area contributed by atoms with Crippen molar-refractivity contribution in [1.29, 1.82) is 0 Å². The smallest absolute Gasteiger partial charge is 0.0945 e. The SMILES string of the molecule is CC(C)CCC[C@@H](C)[C@H]1CC[C@H]2[C@@H]3[C@H](NCCCn4ccnc4)C[C@H]4C[C@H](NCCCn5ccnc5)CC[C@]4(C)[C@H]3CC[C@]12C. The van der Waals surface area contributed by atoms with Crippen LogP contribution in [0.2, 0.25) is 0 Å². The largest absolute Gasteiger partial charge is 0.337 e. The van der Waals surface area contributed by atoms with Gasteiger partial charge in [0.2, 0.25) is 0 Å². The Hall–Kier alpha value is -1.66. The molecule has 6 heteroatoms. The van der Waals surface area contributed by atoms with E-state index in [2.05, 4.69) is 76.7 Å². The molecule has 4 aliphatic carbocycles. The second kappa shape index (κ2) is 14.6. The van der Waals surface area contributed by atoms with Crippen LogP contribution in [0.25, 0.3) is 0 Å². The van der Waals surface area contributed by atoms with Gasteiger partial charge in [0.25, 0.3) is 0 Å². The predicted octanol–water partition coefficient (Wildman–Crippen LogP) is 8.21. The van der Waals surface area contributed by atoms with E-state index in [1.807, 2.05) is 25.0 Å². The van der Waals surface area contributed by atoms with E-state index in [-0.39, 0.29) is 0 Å². The molecule has 45 heavy (non-hydrogen) atoms. The average molecular weight is 619 g/mol. The first-order valence-corrected chi connectivity index (χ1v) is 19.2. The molecule has 0 aromatic carbocycles. The van der Waals surface area contributed by atoms with E-state index in [9.17, 15) is 0 Å². The first-order valence-electron chi connectivity index (χ1n) is 19.2. The summed E-state index contributed by atoms with van der Waals surface area (Å²) in [5.41, 5.74) is 1.04. The van der Waals surface area contributed by atoms with Gasteiger partial charge in [0.1, 0.15) is 0 Å². The molecule has 4 aliphatic rings. The molecule has 0 saturated heterocycles. The molecule has 0 spiro atoms. The molecule has 2 N–H and O–H groups in total. The van der Waals surface area contributed by atoms with Gasteiger partial charge in [-0.3, -0.25) is 0 Å². The lowest BCUT2D eigenvalue weighted by molar-refractivity contribution is -0.131. The van der Waals surface area contributed by atoms with E-state index in [0.717, 1.165) is 67.6 Å². The average Bonchev–Trinajstić information content (AvgIpc) is 3.79. The van der Waals surface area contributed by atoms with E-state index in [1.165, 1.54) is 83.5 Å². The summed E-state index contributed by atoms with van der Waals surface area (Å²) in [6.45, 7) is 17.3. The summed E-state index contributed by atoms with van der Waals surface area (Å²) in [5.74, 6) is 6.11. The highest BCUT2D eigenvalue weighted by atomic mass is 15.0. The number of nitrogens with zero attached hydrogens (tertiary/aromatic N) is 4. The van der Waals surface area contributed by atoms with Crippen LogP contribution in [-0.4, -0.2) is 44.3 Å². The van der Waals surface area contributed by atoms with Crippen LogP contribution in [0.15, 0.2) is 37.4 Å². The van der Waals surface area contributed by atoms with Gasteiger partial charge in [0.15, 0.2) is 0 Å². The third-order valence-corrected chi connectivity index (χ3v) is 14.1. The monoisotopic (exact) mass is 619 g/mol. The fourth-order valence-electron chi connectivity index (χ4n) is 11.6. The predicted molar refractivity (Wildman–Crippen MR) is 186 cm³/mol. The molecule has 252 valence electrons. The van der Waals surface area contributed by atoms with Gasteiger partial charge in [0, 0.05) is 50.0 Å². The zero-order chi connectivity index (χ0) is 31.4. The van der Waals surface area contributed by atoms with Crippen LogP contribution in [0.3, 0.4) is 0 Å². The van der Waals surface area contributed by atoms with Crippen LogP contribution in [0.5, 0.6) is 0 Å². The van der Waals surface area contributed by atoms with Gasteiger partial charge in [-0.25, -0.2) is 9.97 Å². The molecule has 0 radical (unpaired) electrons. The van der Waals surface area contributed by atoms with E-state index < -0.39 is 0 Å². The molecule has 6 nitrogen and oxygen atoms in total. The first-order chi connectivity index (χ1) is 21.8.